The standard InChI is InChI=1S/C14H20NO2/c1-4-16-13-8-11-6-7-15(3)10-12(11)9-14(13)17-5-2/h8-10H,4-7H2,1-3H3/q+1. The van der Waals surface area contributed by atoms with E-state index in [1.165, 1.54) is 11.1 Å². The first-order chi connectivity index (χ1) is 8.24. The lowest BCUT2D eigenvalue weighted by Crippen LogP contribution is -2.19. The first-order valence-electron chi connectivity index (χ1n) is 6.22. The molecule has 0 spiro atoms. The van der Waals surface area contributed by atoms with E-state index in [1.807, 2.05) is 13.8 Å². The predicted molar refractivity (Wildman–Crippen MR) is 68.7 cm³/mol. The molecule has 2 rings (SSSR count). The molecule has 0 unspecified atom stereocenters. The van der Waals surface area contributed by atoms with Gasteiger partial charge in [-0.3, -0.25) is 0 Å². The second kappa shape index (κ2) is 5.21. The molecule has 1 heterocycles. The van der Waals surface area contributed by atoms with Crippen molar-refractivity contribution in [3.8, 4) is 11.5 Å². The Balaban J connectivity index is 2.41. The van der Waals surface area contributed by atoms with Crippen LogP contribution in [0.3, 0.4) is 0 Å². The third kappa shape index (κ3) is 2.60. The number of likely N-dealkylation sites (N-methyl/N-ethyl adjacent to an activating group) is 1. The Morgan fingerprint density at radius 3 is 2.41 bits per heavy atom. The molecule has 92 valence electrons. The summed E-state index contributed by atoms with van der Waals surface area (Å²) in [4.78, 5) is 0. The van der Waals surface area contributed by atoms with E-state index in [0.717, 1.165) is 24.5 Å². The summed E-state index contributed by atoms with van der Waals surface area (Å²) in [7, 11) is 2.10. The van der Waals surface area contributed by atoms with Crippen LogP contribution < -0.4 is 9.47 Å². The van der Waals surface area contributed by atoms with Crippen LogP contribution in [0.15, 0.2) is 12.1 Å². The number of fused-ring (bicyclic) bond motifs is 1. The molecule has 0 atom stereocenters. The minimum absolute atomic E-state index is 0.661. The third-order valence-corrected chi connectivity index (χ3v) is 2.90. The number of hydrogen-bond donors (Lipinski definition) is 0. The first-order valence-corrected chi connectivity index (χ1v) is 6.22. The van der Waals surface area contributed by atoms with Crippen molar-refractivity contribution in [3.63, 3.8) is 0 Å². The number of benzene rings is 1. The molecule has 1 aromatic rings. The minimum atomic E-state index is 0.661. The van der Waals surface area contributed by atoms with Gasteiger partial charge in [0.1, 0.15) is 13.6 Å². The zero-order valence-corrected chi connectivity index (χ0v) is 10.8. The summed E-state index contributed by atoms with van der Waals surface area (Å²) in [6.07, 6.45) is 3.23. The van der Waals surface area contributed by atoms with Crippen molar-refractivity contribution in [2.75, 3.05) is 26.8 Å². The lowest BCUT2D eigenvalue weighted by atomic mass is 10.0. The number of nitrogens with zero attached hydrogens (tertiary/aromatic N) is 1. The topological polar surface area (TPSA) is 21.5 Å². The summed E-state index contributed by atoms with van der Waals surface area (Å²) >= 11 is 0. The van der Waals surface area contributed by atoms with Crippen molar-refractivity contribution in [2.45, 2.75) is 20.3 Å². The highest BCUT2D eigenvalue weighted by molar-refractivity contribution is 5.80. The highest BCUT2D eigenvalue weighted by Gasteiger charge is 2.17. The average Bonchev–Trinajstić information content (AvgIpc) is 2.31. The summed E-state index contributed by atoms with van der Waals surface area (Å²) in [5.41, 5.74) is 2.58. The zero-order chi connectivity index (χ0) is 12.3. The van der Waals surface area contributed by atoms with E-state index in [4.69, 9.17) is 9.47 Å². The fourth-order valence-corrected chi connectivity index (χ4v) is 2.09. The molecule has 0 bridgehead atoms. The fourth-order valence-electron chi connectivity index (χ4n) is 2.09. The van der Waals surface area contributed by atoms with E-state index in [0.29, 0.717) is 13.2 Å². The Bertz CT molecular complexity index is 438. The van der Waals surface area contributed by atoms with Gasteiger partial charge in [0.05, 0.1) is 13.2 Å². The van der Waals surface area contributed by atoms with E-state index in [-0.39, 0.29) is 0 Å². The molecule has 0 saturated heterocycles. The number of ether oxygens (including phenoxy) is 2. The monoisotopic (exact) mass is 234 g/mol. The van der Waals surface area contributed by atoms with Crippen LogP contribution in [0.4, 0.5) is 0 Å². The van der Waals surface area contributed by atoms with Crippen molar-refractivity contribution in [2.24, 2.45) is 0 Å². The fraction of sp³-hybridized carbons (Fsp3) is 0.500. The highest BCUT2D eigenvalue weighted by Crippen LogP contribution is 2.31. The minimum Gasteiger partial charge on any atom is -0.490 e. The van der Waals surface area contributed by atoms with Crippen molar-refractivity contribution in [1.29, 1.82) is 0 Å². The van der Waals surface area contributed by atoms with Crippen LogP contribution >= 0.6 is 0 Å². The molecule has 1 aromatic carbocycles. The van der Waals surface area contributed by atoms with E-state index in [1.54, 1.807) is 0 Å². The van der Waals surface area contributed by atoms with Crippen LogP contribution in [0.1, 0.15) is 25.0 Å². The van der Waals surface area contributed by atoms with Crippen molar-refractivity contribution < 1.29 is 14.0 Å². The van der Waals surface area contributed by atoms with Gasteiger partial charge in [0.15, 0.2) is 17.7 Å². The zero-order valence-electron chi connectivity index (χ0n) is 10.8. The maximum atomic E-state index is 5.63. The Labute approximate surface area is 103 Å². The smallest absolute Gasteiger partial charge is 0.170 e. The molecule has 1 aliphatic rings. The maximum Gasteiger partial charge on any atom is 0.170 e. The van der Waals surface area contributed by atoms with Gasteiger partial charge in [0.25, 0.3) is 0 Å². The van der Waals surface area contributed by atoms with Crippen LogP contribution in [-0.4, -0.2) is 37.6 Å². The van der Waals surface area contributed by atoms with E-state index >= 15 is 0 Å². The number of hydrogen-bond acceptors (Lipinski definition) is 2. The molecule has 1 aliphatic heterocycles. The quantitative estimate of drug-likeness (QED) is 0.744. The summed E-state index contributed by atoms with van der Waals surface area (Å²) in [6.45, 7) is 6.38. The molecule has 0 fully saturated rings. The highest BCUT2D eigenvalue weighted by atomic mass is 16.5. The largest absolute Gasteiger partial charge is 0.490 e. The predicted octanol–water partition coefficient (Wildman–Crippen LogP) is 2.10. The molecule has 0 aliphatic carbocycles. The van der Waals surface area contributed by atoms with Gasteiger partial charge in [0.2, 0.25) is 0 Å². The molecule has 0 aromatic heterocycles. The molecule has 0 amide bonds. The third-order valence-electron chi connectivity index (χ3n) is 2.90. The molecule has 3 nitrogen and oxygen atoms in total. The van der Waals surface area contributed by atoms with E-state index < -0.39 is 0 Å². The average molecular weight is 234 g/mol. The molecule has 0 saturated carbocycles. The van der Waals surface area contributed by atoms with Crippen LogP contribution in [-0.2, 0) is 6.42 Å². The van der Waals surface area contributed by atoms with Crippen LogP contribution in [0.25, 0.3) is 0 Å². The molecular formula is C14H20NO2+. The maximum absolute atomic E-state index is 5.63. The van der Waals surface area contributed by atoms with Gasteiger partial charge in [-0.05, 0) is 31.5 Å². The van der Waals surface area contributed by atoms with Crippen molar-refractivity contribution >= 4 is 6.21 Å². The van der Waals surface area contributed by atoms with Crippen LogP contribution in [0, 0.1) is 0 Å². The van der Waals surface area contributed by atoms with E-state index in [9.17, 15) is 0 Å². The van der Waals surface area contributed by atoms with Gasteiger partial charge in [-0.25, -0.2) is 4.58 Å². The molecular weight excluding hydrogens is 214 g/mol. The van der Waals surface area contributed by atoms with Gasteiger partial charge in [-0.1, -0.05) is 0 Å². The van der Waals surface area contributed by atoms with Crippen molar-refractivity contribution in [1.82, 2.24) is 0 Å². The van der Waals surface area contributed by atoms with Gasteiger partial charge in [0, 0.05) is 12.0 Å². The Morgan fingerprint density at radius 2 is 1.76 bits per heavy atom. The molecule has 17 heavy (non-hydrogen) atoms. The Kier molecular flexibility index (Phi) is 3.67. The van der Waals surface area contributed by atoms with Crippen molar-refractivity contribution in [3.05, 3.63) is 23.3 Å². The second-order valence-corrected chi connectivity index (χ2v) is 4.22. The number of rotatable bonds is 4. The lowest BCUT2D eigenvalue weighted by Gasteiger charge is -2.16. The van der Waals surface area contributed by atoms with E-state index in [2.05, 4.69) is 30.0 Å². The van der Waals surface area contributed by atoms with Gasteiger partial charge >= 0.3 is 0 Å². The molecule has 0 N–H and O–H groups in total. The normalized spacial score (nSPS) is 13.9. The lowest BCUT2D eigenvalue weighted by molar-refractivity contribution is -0.493. The summed E-state index contributed by atoms with van der Waals surface area (Å²) in [6, 6.07) is 4.20. The second-order valence-electron chi connectivity index (χ2n) is 4.22. The van der Waals surface area contributed by atoms with Gasteiger partial charge < -0.3 is 9.47 Å². The summed E-state index contributed by atoms with van der Waals surface area (Å²) in [5.74, 6) is 1.71. The van der Waals surface area contributed by atoms with Crippen LogP contribution in [0.2, 0.25) is 0 Å². The molecule has 0 radical (unpaired) electrons. The first kappa shape index (κ1) is 12.0. The molecule has 3 heteroatoms. The Hall–Kier alpha value is -1.51. The van der Waals surface area contributed by atoms with Gasteiger partial charge in [-0.2, -0.15) is 0 Å². The summed E-state index contributed by atoms with van der Waals surface area (Å²) < 4.78 is 13.5. The van der Waals surface area contributed by atoms with Crippen LogP contribution in [0.5, 0.6) is 11.5 Å². The van der Waals surface area contributed by atoms with Gasteiger partial charge in [-0.15, -0.1) is 0 Å². The SMILES string of the molecule is CCOc1cc2c(cc1OCC)CC[N+](C)=C2. The summed E-state index contributed by atoms with van der Waals surface area (Å²) in [5, 5.41) is 0. The Morgan fingerprint density at radius 1 is 1.12 bits per heavy atom.